The first-order chi connectivity index (χ1) is 13.5. The van der Waals surface area contributed by atoms with Gasteiger partial charge in [-0.15, -0.1) is 0 Å². The van der Waals surface area contributed by atoms with Crippen molar-refractivity contribution >= 4 is 15.8 Å². The molecule has 6 nitrogen and oxygen atoms in total. The van der Waals surface area contributed by atoms with Crippen molar-refractivity contribution in [3.8, 4) is 0 Å². The fourth-order valence-electron chi connectivity index (χ4n) is 3.37. The van der Waals surface area contributed by atoms with Gasteiger partial charge in [0.2, 0.25) is 10.0 Å². The van der Waals surface area contributed by atoms with E-state index in [4.69, 9.17) is 0 Å². The Bertz CT molecular complexity index is 892. The van der Waals surface area contributed by atoms with Crippen LogP contribution in [0.25, 0.3) is 0 Å². The van der Waals surface area contributed by atoms with Gasteiger partial charge in [-0.05, 0) is 24.7 Å². The van der Waals surface area contributed by atoms with E-state index in [-0.39, 0.29) is 10.7 Å². The van der Waals surface area contributed by atoms with Crippen LogP contribution >= 0.6 is 0 Å². The van der Waals surface area contributed by atoms with Gasteiger partial charge in [0.15, 0.2) is 5.78 Å². The van der Waals surface area contributed by atoms with Gasteiger partial charge in [-0.3, -0.25) is 9.69 Å². The number of carbonyl (C=O) groups excluding carboxylic acids is 1. The Morgan fingerprint density at radius 3 is 2.32 bits per heavy atom. The number of rotatable bonds is 8. The van der Waals surface area contributed by atoms with E-state index >= 15 is 0 Å². The number of carbonyl (C=O) groups is 1. The third-order valence-corrected chi connectivity index (χ3v) is 6.52. The van der Waals surface area contributed by atoms with E-state index in [1.807, 2.05) is 6.07 Å². The normalized spacial score (nSPS) is 16.2. The molecule has 2 aromatic rings. The van der Waals surface area contributed by atoms with Crippen LogP contribution in [0.15, 0.2) is 59.5 Å². The highest BCUT2D eigenvalue weighted by Crippen LogP contribution is 2.14. The summed E-state index contributed by atoms with van der Waals surface area (Å²) < 4.78 is 26.1. The van der Waals surface area contributed by atoms with Crippen LogP contribution in [0, 0.1) is 0 Å². The van der Waals surface area contributed by atoms with Crippen LogP contribution in [-0.4, -0.2) is 63.8 Å². The zero-order valence-electron chi connectivity index (χ0n) is 16.2. The number of benzene rings is 2. The minimum absolute atomic E-state index is 0.0279. The molecule has 0 radical (unpaired) electrons. The van der Waals surface area contributed by atoms with Gasteiger partial charge < -0.3 is 4.90 Å². The predicted molar refractivity (Wildman–Crippen MR) is 110 cm³/mol. The van der Waals surface area contributed by atoms with Crippen molar-refractivity contribution in [2.45, 2.75) is 17.9 Å². The van der Waals surface area contributed by atoms with Crippen molar-refractivity contribution in [3.05, 3.63) is 65.7 Å². The van der Waals surface area contributed by atoms with Crippen LogP contribution in [-0.2, 0) is 16.6 Å². The Labute approximate surface area is 167 Å². The quantitative estimate of drug-likeness (QED) is 0.685. The van der Waals surface area contributed by atoms with Gasteiger partial charge in [0.05, 0.1) is 4.90 Å². The van der Waals surface area contributed by atoms with Crippen LogP contribution in [0.3, 0.4) is 0 Å². The van der Waals surface area contributed by atoms with E-state index in [0.717, 1.165) is 32.7 Å². The molecule has 1 saturated heterocycles. The van der Waals surface area contributed by atoms with Crippen LogP contribution in [0.5, 0.6) is 0 Å². The second-order valence-electron chi connectivity index (χ2n) is 7.01. The van der Waals surface area contributed by atoms with Crippen LogP contribution in [0.4, 0.5) is 0 Å². The van der Waals surface area contributed by atoms with Gasteiger partial charge in [-0.1, -0.05) is 42.5 Å². The average Bonchev–Trinajstić information content (AvgIpc) is 2.74. The van der Waals surface area contributed by atoms with Crippen molar-refractivity contribution in [2.24, 2.45) is 0 Å². The van der Waals surface area contributed by atoms with Crippen molar-refractivity contribution in [1.82, 2.24) is 14.5 Å². The molecule has 150 valence electrons. The van der Waals surface area contributed by atoms with E-state index in [2.05, 4.69) is 38.8 Å². The number of hydrogen-bond donors (Lipinski definition) is 1. The molecule has 3 rings (SSSR count). The SMILES string of the molecule is CNS(=O)(=O)c1cccc(C(=O)CCN2CCN(Cc3ccccc3)CC2)c1. The van der Waals surface area contributed by atoms with Gasteiger partial charge >= 0.3 is 0 Å². The van der Waals surface area contributed by atoms with Crippen molar-refractivity contribution in [2.75, 3.05) is 39.8 Å². The molecule has 0 amide bonds. The second-order valence-corrected chi connectivity index (χ2v) is 8.90. The number of hydrogen-bond acceptors (Lipinski definition) is 5. The minimum Gasteiger partial charge on any atom is -0.300 e. The highest BCUT2D eigenvalue weighted by Gasteiger charge is 2.19. The summed E-state index contributed by atoms with van der Waals surface area (Å²) in [5.74, 6) is -0.0279. The van der Waals surface area contributed by atoms with E-state index in [1.54, 1.807) is 12.1 Å². The third-order valence-electron chi connectivity index (χ3n) is 5.10. The summed E-state index contributed by atoms with van der Waals surface area (Å²) in [5, 5.41) is 0. The van der Waals surface area contributed by atoms with Crippen LogP contribution in [0.1, 0.15) is 22.3 Å². The standard InChI is InChI=1S/C21H27N3O3S/c1-22-28(26,27)20-9-5-8-19(16-20)21(25)10-11-23-12-14-24(15-13-23)17-18-6-3-2-4-7-18/h2-9,16,22H,10-15,17H2,1H3. The first-order valence-corrected chi connectivity index (χ1v) is 11.0. The monoisotopic (exact) mass is 401 g/mol. The molecule has 28 heavy (non-hydrogen) atoms. The van der Waals surface area contributed by atoms with E-state index in [1.165, 1.54) is 24.7 Å². The molecule has 0 unspecified atom stereocenters. The zero-order chi connectivity index (χ0) is 20.0. The Morgan fingerprint density at radius 2 is 1.64 bits per heavy atom. The maximum atomic E-state index is 12.5. The fourth-order valence-corrected chi connectivity index (χ4v) is 4.15. The lowest BCUT2D eigenvalue weighted by molar-refractivity contribution is 0.0922. The zero-order valence-corrected chi connectivity index (χ0v) is 17.0. The molecule has 2 aromatic carbocycles. The predicted octanol–water partition coefficient (Wildman–Crippen LogP) is 1.99. The fraction of sp³-hybridized carbons (Fsp3) is 0.381. The number of ketones is 1. The lowest BCUT2D eigenvalue weighted by atomic mass is 10.1. The Balaban J connectivity index is 1.48. The molecular formula is C21H27N3O3S. The Morgan fingerprint density at radius 1 is 0.964 bits per heavy atom. The van der Waals surface area contributed by atoms with E-state index < -0.39 is 10.0 Å². The molecule has 1 heterocycles. The molecule has 1 aliphatic rings. The number of nitrogens with zero attached hydrogens (tertiary/aromatic N) is 2. The largest absolute Gasteiger partial charge is 0.300 e. The van der Waals surface area contributed by atoms with Gasteiger partial charge in [0.25, 0.3) is 0 Å². The summed E-state index contributed by atoms with van der Waals surface area (Å²) in [6, 6.07) is 16.7. The summed E-state index contributed by atoms with van der Waals surface area (Å²) in [7, 11) is -2.18. The molecule has 1 N–H and O–H groups in total. The lowest BCUT2D eigenvalue weighted by Crippen LogP contribution is -2.46. The van der Waals surface area contributed by atoms with Crippen LogP contribution in [0.2, 0.25) is 0 Å². The van der Waals surface area contributed by atoms with Gasteiger partial charge in [-0.2, -0.15) is 0 Å². The maximum Gasteiger partial charge on any atom is 0.240 e. The number of Topliss-reactive ketones (excluding diaryl/α,β-unsaturated/α-hetero) is 1. The molecule has 0 bridgehead atoms. The van der Waals surface area contributed by atoms with E-state index in [9.17, 15) is 13.2 Å². The summed E-state index contributed by atoms with van der Waals surface area (Å²) in [4.78, 5) is 17.4. The van der Waals surface area contributed by atoms with Crippen molar-refractivity contribution in [1.29, 1.82) is 0 Å². The van der Waals surface area contributed by atoms with Crippen molar-refractivity contribution in [3.63, 3.8) is 0 Å². The molecule has 0 aliphatic carbocycles. The van der Waals surface area contributed by atoms with Gasteiger partial charge in [0, 0.05) is 51.3 Å². The minimum atomic E-state index is -3.54. The third kappa shape index (κ3) is 5.48. The average molecular weight is 402 g/mol. The summed E-state index contributed by atoms with van der Waals surface area (Å²) >= 11 is 0. The highest BCUT2D eigenvalue weighted by molar-refractivity contribution is 7.89. The molecule has 1 fully saturated rings. The second kappa shape index (κ2) is 9.43. The lowest BCUT2D eigenvalue weighted by Gasteiger charge is -2.34. The first-order valence-electron chi connectivity index (χ1n) is 9.53. The van der Waals surface area contributed by atoms with Crippen molar-refractivity contribution < 1.29 is 13.2 Å². The molecule has 7 heteroatoms. The van der Waals surface area contributed by atoms with Crippen LogP contribution < -0.4 is 4.72 Å². The molecule has 0 atom stereocenters. The number of sulfonamides is 1. The Kier molecular flexibility index (Phi) is 6.96. The maximum absolute atomic E-state index is 12.5. The molecular weight excluding hydrogens is 374 g/mol. The number of nitrogens with one attached hydrogen (secondary N) is 1. The number of piperazine rings is 1. The molecule has 0 saturated carbocycles. The molecule has 0 spiro atoms. The molecule has 1 aliphatic heterocycles. The van der Waals surface area contributed by atoms with Gasteiger partial charge in [0.1, 0.15) is 0 Å². The Hall–Kier alpha value is -2.06. The summed E-state index contributed by atoms with van der Waals surface area (Å²) in [6.07, 6.45) is 0.391. The topological polar surface area (TPSA) is 69.7 Å². The molecule has 0 aromatic heterocycles. The highest BCUT2D eigenvalue weighted by atomic mass is 32.2. The summed E-state index contributed by atoms with van der Waals surface area (Å²) in [6.45, 7) is 5.50. The van der Waals surface area contributed by atoms with Gasteiger partial charge in [-0.25, -0.2) is 13.1 Å². The first kappa shape index (κ1) is 20.7. The van der Waals surface area contributed by atoms with E-state index in [0.29, 0.717) is 18.5 Å². The smallest absolute Gasteiger partial charge is 0.240 e. The summed E-state index contributed by atoms with van der Waals surface area (Å²) in [5.41, 5.74) is 1.77.